The lowest BCUT2D eigenvalue weighted by Crippen LogP contribution is -2.22. The first-order valence-electron chi connectivity index (χ1n) is 15.2. The van der Waals surface area contributed by atoms with Gasteiger partial charge in [-0.1, -0.05) is 137 Å². The van der Waals surface area contributed by atoms with Crippen molar-refractivity contribution in [2.45, 2.75) is 78.1 Å². The number of rotatable bonds is 12. The summed E-state index contributed by atoms with van der Waals surface area (Å²) in [7, 11) is 0. The summed E-state index contributed by atoms with van der Waals surface area (Å²) in [5, 5.41) is 0. The number of hydrogen-bond acceptors (Lipinski definition) is 2. The highest BCUT2D eigenvalue weighted by molar-refractivity contribution is 6.32. The Morgan fingerprint density at radius 3 is 1.20 bits per heavy atom. The lowest BCUT2D eigenvalue weighted by atomic mass is 9.77. The van der Waals surface area contributed by atoms with E-state index in [0.29, 0.717) is 22.3 Å². The standard InChI is InChI=1S/C38H40O2/c1-3-5-7-9-13-27-17-21-29(22-18-27)31-25-26-32(30-23-19-28(20-24-30)14-10-8-6-4-2)36-35(31)37(39)33-15-11-12-16-34(33)38(36)40/h11-12,15-26H,3-10,13-14H2,1-2H3. The van der Waals surface area contributed by atoms with Gasteiger partial charge in [-0.15, -0.1) is 0 Å². The second kappa shape index (κ2) is 13.0. The number of unbranched alkanes of at least 4 members (excludes halogenated alkanes) is 6. The van der Waals surface area contributed by atoms with Gasteiger partial charge in [0.25, 0.3) is 0 Å². The van der Waals surface area contributed by atoms with Gasteiger partial charge >= 0.3 is 0 Å². The smallest absolute Gasteiger partial charge is 0.195 e. The van der Waals surface area contributed by atoms with Crippen LogP contribution in [0.1, 0.15) is 108 Å². The fraction of sp³-hybridized carbons (Fsp3) is 0.316. The molecule has 4 aromatic rings. The number of benzene rings is 4. The van der Waals surface area contributed by atoms with Gasteiger partial charge in [-0.2, -0.15) is 0 Å². The molecule has 0 aliphatic heterocycles. The number of ketones is 2. The fourth-order valence-electron chi connectivity index (χ4n) is 5.92. The van der Waals surface area contributed by atoms with Crippen LogP contribution in [-0.2, 0) is 12.8 Å². The topological polar surface area (TPSA) is 34.1 Å². The highest BCUT2D eigenvalue weighted by atomic mass is 16.1. The van der Waals surface area contributed by atoms with Crippen LogP contribution in [0.4, 0.5) is 0 Å². The number of carbonyl (C=O) groups excluding carboxylic acids is 2. The number of fused-ring (bicyclic) bond motifs is 2. The van der Waals surface area contributed by atoms with Crippen molar-refractivity contribution in [3.05, 3.63) is 118 Å². The Morgan fingerprint density at radius 2 is 0.825 bits per heavy atom. The van der Waals surface area contributed by atoms with E-state index in [1.54, 1.807) is 12.1 Å². The maximum Gasteiger partial charge on any atom is 0.195 e. The fourth-order valence-corrected chi connectivity index (χ4v) is 5.92. The van der Waals surface area contributed by atoms with Crippen LogP contribution in [0.25, 0.3) is 22.3 Å². The van der Waals surface area contributed by atoms with Crippen molar-refractivity contribution in [2.75, 3.05) is 0 Å². The molecule has 0 fully saturated rings. The predicted octanol–water partition coefficient (Wildman–Crippen LogP) is 10.0. The second-order valence-electron chi connectivity index (χ2n) is 11.1. The Hall–Kier alpha value is -3.78. The van der Waals surface area contributed by atoms with E-state index in [2.05, 4.69) is 62.4 Å². The summed E-state index contributed by atoms with van der Waals surface area (Å²) in [6.45, 7) is 4.46. The molecule has 40 heavy (non-hydrogen) atoms. The monoisotopic (exact) mass is 528 g/mol. The Morgan fingerprint density at radius 1 is 0.425 bits per heavy atom. The van der Waals surface area contributed by atoms with Gasteiger partial charge in [0.15, 0.2) is 11.6 Å². The minimum atomic E-state index is -0.0711. The number of aryl methyl sites for hydroxylation is 2. The van der Waals surface area contributed by atoms with Gasteiger partial charge in [-0.05, 0) is 59.1 Å². The quantitative estimate of drug-likeness (QED) is 0.151. The van der Waals surface area contributed by atoms with Crippen molar-refractivity contribution in [1.29, 1.82) is 0 Å². The Labute approximate surface area is 239 Å². The molecule has 0 aromatic heterocycles. The molecule has 2 nitrogen and oxygen atoms in total. The first-order valence-corrected chi connectivity index (χ1v) is 15.2. The Balaban J connectivity index is 1.52. The zero-order valence-corrected chi connectivity index (χ0v) is 24.0. The highest BCUT2D eigenvalue weighted by Crippen LogP contribution is 2.40. The largest absolute Gasteiger partial charge is 0.289 e. The van der Waals surface area contributed by atoms with E-state index >= 15 is 0 Å². The predicted molar refractivity (Wildman–Crippen MR) is 166 cm³/mol. The minimum Gasteiger partial charge on any atom is -0.289 e. The summed E-state index contributed by atoms with van der Waals surface area (Å²) in [6.07, 6.45) is 12.0. The molecule has 1 aliphatic carbocycles. The first kappa shape index (κ1) is 27.8. The molecule has 0 saturated carbocycles. The maximum absolute atomic E-state index is 14.0. The number of hydrogen-bond donors (Lipinski definition) is 0. The van der Waals surface area contributed by atoms with E-state index in [0.717, 1.165) is 35.1 Å². The number of carbonyl (C=O) groups is 2. The lowest BCUT2D eigenvalue weighted by Gasteiger charge is -2.23. The molecule has 0 atom stereocenters. The molecule has 2 heteroatoms. The van der Waals surface area contributed by atoms with E-state index in [1.165, 1.54) is 62.5 Å². The summed E-state index contributed by atoms with van der Waals surface area (Å²) < 4.78 is 0. The molecule has 0 unspecified atom stereocenters. The van der Waals surface area contributed by atoms with Crippen molar-refractivity contribution in [3.8, 4) is 22.3 Å². The average Bonchev–Trinajstić information content (AvgIpc) is 3.00. The van der Waals surface area contributed by atoms with Crippen molar-refractivity contribution in [3.63, 3.8) is 0 Å². The molecule has 0 bridgehead atoms. The first-order chi connectivity index (χ1) is 19.6. The van der Waals surface area contributed by atoms with E-state index in [9.17, 15) is 9.59 Å². The SMILES string of the molecule is CCCCCCc1ccc(-c2ccc(-c3ccc(CCCCCC)cc3)c3c2C(=O)c2ccccc2C3=O)cc1. The van der Waals surface area contributed by atoms with Crippen molar-refractivity contribution >= 4 is 11.6 Å². The van der Waals surface area contributed by atoms with Crippen LogP contribution < -0.4 is 0 Å². The van der Waals surface area contributed by atoms with Crippen LogP contribution in [0.3, 0.4) is 0 Å². The van der Waals surface area contributed by atoms with Crippen LogP contribution >= 0.6 is 0 Å². The highest BCUT2D eigenvalue weighted by Gasteiger charge is 2.34. The van der Waals surface area contributed by atoms with Gasteiger partial charge in [-0.3, -0.25) is 9.59 Å². The van der Waals surface area contributed by atoms with Gasteiger partial charge in [-0.25, -0.2) is 0 Å². The van der Waals surface area contributed by atoms with Crippen molar-refractivity contribution in [1.82, 2.24) is 0 Å². The molecule has 0 radical (unpaired) electrons. The normalized spacial score (nSPS) is 12.3. The Bertz CT molecular complexity index is 1360. The van der Waals surface area contributed by atoms with E-state index in [1.807, 2.05) is 24.3 Å². The maximum atomic E-state index is 14.0. The molecule has 1 aliphatic rings. The third-order valence-corrected chi connectivity index (χ3v) is 8.24. The molecule has 0 N–H and O–H groups in total. The van der Waals surface area contributed by atoms with Gasteiger partial charge in [0.05, 0.1) is 0 Å². The minimum absolute atomic E-state index is 0.0711. The molecule has 204 valence electrons. The zero-order chi connectivity index (χ0) is 27.9. The Kier molecular flexibility index (Phi) is 9.06. The third kappa shape index (κ3) is 5.87. The molecule has 0 saturated heterocycles. The molecule has 5 rings (SSSR count). The summed E-state index contributed by atoms with van der Waals surface area (Å²) >= 11 is 0. The van der Waals surface area contributed by atoms with Crippen molar-refractivity contribution < 1.29 is 9.59 Å². The van der Waals surface area contributed by atoms with E-state index < -0.39 is 0 Å². The zero-order valence-electron chi connectivity index (χ0n) is 24.0. The average molecular weight is 529 g/mol. The van der Waals surface area contributed by atoms with E-state index in [-0.39, 0.29) is 11.6 Å². The van der Waals surface area contributed by atoms with Crippen molar-refractivity contribution in [2.24, 2.45) is 0 Å². The van der Waals surface area contributed by atoms with Gasteiger partial charge in [0, 0.05) is 22.3 Å². The van der Waals surface area contributed by atoms with E-state index in [4.69, 9.17) is 0 Å². The van der Waals surface area contributed by atoms with Crippen LogP contribution in [0.2, 0.25) is 0 Å². The summed E-state index contributed by atoms with van der Waals surface area (Å²) in [6, 6.07) is 28.4. The van der Waals surface area contributed by atoms with Gasteiger partial charge in [0.2, 0.25) is 0 Å². The van der Waals surface area contributed by atoms with Crippen LogP contribution in [0, 0.1) is 0 Å². The molecule has 4 aromatic carbocycles. The molecule has 0 amide bonds. The molecule has 0 spiro atoms. The molecular formula is C38H40O2. The summed E-state index contributed by atoms with van der Waals surface area (Å²) in [5.74, 6) is -0.142. The second-order valence-corrected chi connectivity index (χ2v) is 11.1. The van der Waals surface area contributed by atoms with Gasteiger partial charge < -0.3 is 0 Å². The van der Waals surface area contributed by atoms with Crippen LogP contribution in [0.15, 0.2) is 84.9 Å². The molecule has 0 heterocycles. The van der Waals surface area contributed by atoms with Crippen LogP contribution in [-0.4, -0.2) is 11.6 Å². The van der Waals surface area contributed by atoms with Gasteiger partial charge in [0.1, 0.15) is 0 Å². The summed E-state index contributed by atoms with van der Waals surface area (Å²) in [4.78, 5) is 27.9. The third-order valence-electron chi connectivity index (χ3n) is 8.24. The lowest BCUT2D eigenvalue weighted by molar-refractivity contribution is 0.0980. The van der Waals surface area contributed by atoms with Crippen LogP contribution in [0.5, 0.6) is 0 Å². The molecular weight excluding hydrogens is 488 g/mol. The summed E-state index contributed by atoms with van der Waals surface area (Å²) in [5.41, 5.74) is 8.28.